The van der Waals surface area contributed by atoms with Gasteiger partial charge in [0.25, 0.3) is 6.04 Å². The minimum atomic E-state index is -1.15. The van der Waals surface area contributed by atoms with Gasteiger partial charge in [0.1, 0.15) is 0 Å². The number of aliphatic hydroxyl groups is 2. The van der Waals surface area contributed by atoms with Crippen LogP contribution in [0.3, 0.4) is 0 Å². The number of carbonyl (C=O) groups is 1. The van der Waals surface area contributed by atoms with Crippen LogP contribution in [0.2, 0.25) is 0 Å². The van der Waals surface area contributed by atoms with Crippen molar-refractivity contribution in [2.45, 2.75) is 37.5 Å². The summed E-state index contributed by atoms with van der Waals surface area (Å²) in [7, 11) is 0. The van der Waals surface area contributed by atoms with Gasteiger partial charge in [0, 0.05) is 18.9 Å². The highest BCUT2D eigenvalue weighted by Gasteiger charge is 2.41. The Morgan fingerprint density at radius 1 is 1.35 bits per heavy atom. The molecular formula is C18H20NO4+. The van der Waals surface area contributed by atoms with Crippen LogP contribution in [0.4, 0.5) is 0 Å². The Bertz CT molecular complexity index is 727. The molecule has 3 N–H and O–H groups in total. The number of aliphatic carboxylic acids is 1. The van der Waals surface area contributed by atoms with Crippen LogP contribution in [-0.2, 0) is 16.8 Å². The molecule has 0 spiro atoms. The molecule has 1 aliphatic rings. The standard InChI is InChI=1S/C18H19NO4/c1-18(23)10-16(20)13-7-8-19(11-14(13)18)15(17(21)22)9-12-5-3-2-4-6-12/h2-8,11,15-16,20,23H,9-10H2,1H3/p+1/t15-,16-,18+/m1/s1. The van der Waals surface area contributed by atoms with Gasteiger partial charge in [0.15, 0.2) is 12.4 Å². The number of nitrogens with zero attached hydrogens (tertiary/aromatic N) is 1. The Kier molecular flexibility index (Phi) is 3.92. The number of carboxylic acids is 1. The van der Waals surface area contributed by atoms with Gasteiger partial charge in [-0.25, -0.2) is 4.79 Å². The molecule has 0 unspecified atom stereocenters. The van der Waals surface area contributed by atoms with Crippen LogP contribution in [0.5, 0.6) is 0 Å². The molecule has 5 nitrogen and oxygen atoms in total. The number of aromatic nitrogens is 1. The minimum Gasteiger partial charge on any atom is -0.476 e. The van der Waals surface area contributed by atoms with E-state index in [1.165, 1.54) is 0 Å². The van der Waals surface area contributed by atoms with Crippen molar-refractivity contribution in [3.8, 4) is 0 Å². The first kappa shape index (κ1) is 15.6. The number of rotatable bonds is 4. The van der Waals surface area contributed by atoms with Crippen molar-refractivity contribution >= 4 is 5.97 Å². The molecule has 3 atom stereocenters. The molecule has 1 aromatic carbocycles. The van der Waals surface area contributed by atoms with Gasteiger partial charge in [0.05, 0.1) is 17.3 Å². The summed E-state index contributed by atoms with van der Waals surface area (Å²) in [6, 6.07) is 10.4. The fourth-order valence-corrected chi connectivity index (χ4v) is 3.21. The SMILES string of the molecule is C[C@]1(O)C[C@@H](O)c2cc[n+]([C@H](Cc3ccccc3)C(=O)O)cc21. The molecule has 1 aliphatic carbocycles. The summed E-state index contributed by atoms with van der Waals surface area (Å²) in [6.45, 7) is 1.64. The lowest BCUT2D eigenvalue weighted by Gasteiger charge is -2.16. The van der Waals surface area contributed by atoms with Gasteiger partial charge in [-0.3, -0.25) is 0 Å². The quantitative estimate of drug-likeness (QED) is 0.747. The van der Waals surface area contributed by atoms with E-state index in [1.807, 2.05) is 30.3 Å². The Balaban J connectivity index is 1.97. The number of fused-ring (bicyclic) bond motifs is 1. The third-order valence-corrected chi connectivity index (χ3v) is 4.46. The monoisotopic (exact) mass is 314 g/mol. The maximum atomic E-state index is 11.7. The highest BCUT2D eigenvalue weighted by atomic mass is 16.4. The van der Waals surface area contributed by atoms with Crippen molar-refractivity contribution in [1.82, 2.24) is 0 Å². The number of hydrogen-bond donors (Lipinski definition) is 3. The van der Waals surface area contributed by atoms with Crippen LogP contribution in [0.25, 0.3) is 0 Å². The van der Waals surface area contributed by atoms with Crippen LogP contribution >= 0.6 is 0 Å². The first-order valence-electron chi connectivity index (χ1n) is 7.61. The molecule has 23 heavy (non-hydrogen) atoms. The molecule has 0 saturated heterocycles. The normalized spacial score (nSPS) is 24.2. The van der Waals surface area contributed by atoms with Gasteiger partial charge in [-0.05, 0) is 18.1 Å². The second-order valence-corrected chi connectivity index (χ2v) is 6.30. The van der Waals surface area contributed by atoms with E-state index in [0.717, 1.165) is 5.56 Å². The fraction of sp³-hybridized carbons (Fsp3) is 0.333. The number of hydrogen-bond acceptors (Lipinski definition) is 3. The Labute approximate surface area is 134 Å². The minimum absolute atomic E-state index is 0.225. The van der Waals surface area contributed by atoms with E-state index < -0.39 is 23.7 Å². The average Bonchev–Trinajstić information content (AvgIpc) is 2.75. The van der Waals surface area contributed by atoms with Crippen LogP contribution in [0, 0.1) is 0 Å². The van der Waals surface area contributed by atoms with Crippen molar-refractivity contribution in [1.29, 1.82) is 0 Å². The predicted octanol–water partition coefficient (Wildman–Crippen LogP) is 1.49. The van der Waals surface area contributed by atoms with Gasteiger partial charge in [-0.1, -0.05) is 30.3 Å². The molecule has 120 valence electrons. The molecule has 1 aromatic heterocycles. The number of benzene rings is 1. The molecule has 3 rings (SSSR count). The summed E-state index contributed by atoms with van der Waals surface area (Å²) >= 11 is 0. The zero-order chi connectivity index (χ0) is 16.6. The van der Waals surface area contributed by atoms with Gasteiger partial charge in [-0.2, -0.15) is 4.57 Å². The summed E-state index contributed by atoms with van der Waals surface area (Å²) in [5.74, 6) is -0.933. The molecule has 0 radical (unpaired) electrons. The summed E-state index contributed by atoms with van der Waals surface area (Å²) in [5, 5.41) is 30.0. The Morgan fingerprint density at radius 3 is 2.70 bits per heavy atom. The van der Waals surface area contributed by atoms with Crippen molar-refractivity contribution in [2.24, 2.45) is 0 Å². The van der Waals surface area contributed by atoms with Crippen LogP contribution in [0.1, 0.15) is 42.2 Å². The highest BCUT2D eigenvalue weighted by Crippen LogP contribution is 2.42. The molecule has 0 aliphatic heterocycles. The summed E-state index contributed by atoms with van der Waals surface area (Å²) in [6.07, 6.45) is 3.16. The molecule has 0 saturated carbocycles. The highest BCUT2D eigenvalue weighted by molar-refractivity contribution is 5.70. The van der Waals surface area contributed by atoms with Gasteiger partial charge in [0.2, 0.25) is 0 Å². The molecule has 0 amide bonds. The predicted molar refractivity (Wildman–Crippen MR) is 82.6 cm³/mol. The van der Waals surface area contributed by atoms with E-state index in [0.29, 0.717) is 17.5 Å². The maximum absolute atomic E-state index is 11.7. The summed E-state index contributed by atoms with van der Waals surface area (Å²) in [4.78, 5) is 11.7. The van der Waals surface area contributed by atoms with E-state index in [9.17, 15) is 20.1 Å². The average molecular weight is 314 g/mol. The number of aliphatic hydroxyl groups excluding tert-OH is 1. The van der Waals surface area contributed by atoms with Gasteiger partial charge < -0.3 is 15.3 Å². The first-order chi connectivity index (χ1) is 10.9. The second-order valence-electron chi connectivity index (χ2n) is 6.30. The van der Waals surface area contributed by atoms with Crippen LogP contribution in [0.15, 0.2) is 48.8 Å². The first-order valence-corrected chi connectivity index (χ1v) is 7.61. The molecule has 2 aromatic rings. The van der Waals surface area contributed by atoms with Crippen LogP contribution in [-0.4, -0.2) is 21.3 Å². The van der Waals surface area contributed by atoms with Crippen molar-refractivity contribution in [3.05, 3.63) is 65.5 Å². The lowest BCUT2D eigenvalue weighted by Crippen LogP contribution is -2.45. The zero-order valence-corrected chi connectivity index (χ0v) is 12.9. The third-order valence-electron chi connectivity index (χ3n) is 4.46. The van der Waals surface area contributed by atoms with Crippen molar-refractivity contribution in [3.63, 3.8) is 0 Å². The molecule has 0 fully saturated rings. The van der Waals surface area contributed by atoms with E-state index >= 15 is 0 Å². The largest absolute Gasteiger partial charge is 0.476 e. The van der Waals surface area contributed by atoms with Crippen LogP contribution < -0.4 is 4.57 Å². The van der Waals surface area contributed by atoms with Crippen molar-refractivity contribution < 1.29 is 24.7 Å². The maximum Gasteiger partial charge on any atom is 0.373 e. The smallest absolute Gasteiger partial charge is 0.373 e. The van der Waals surface area contributed by atoms with Gasteiger partial charge in [-0.15, -0.1) is 0 Å². The summed E-state index contributed by atoms with van der Waals surface area (Å²) in [5.41, 5.74) is 1.04. The lowest BCUT2D eigenvalue weighted by molar-refractivity contribution is -0.711. The topological polar surface area (TPSA) is 81.6 Å². The molecular weight excluding hydrogens is 294 g/mol. The lowest BCUT2D eigenvalue weighted by atomic mass is 9.99. The second kappa shape index (κ2) is 5.76. The van der Waals surface area contributed by atoms with E-state index in [-0.39, 0.29) is 6.42 Å². The third kappa shape index (κ3) is 2.98. The fourth-order valence-electron chi connectivity index (χ4n) is 3.21. The molecule has 5 heteroatoms. The van der Waals surface area contributed by atoms with E-state index in [2.05, 4.69) is 0 Å². The Morgan fingerprint density at radius 2 is 2.04 bits per heavy atom. The van der Waals surface area contributed by atoms with Crippen molar-refractivity contribution in [2.75, 3.05) is 0 Å². The summed E-state index contributed by atoms with van der Waals surface area (Å²) < 4.78 is 1.60. The van der Waals surface area contributed by atoms with Gasteiger partial charge >= 0.3 is 5.97 Å². The molecule has 0 bridgehead atoms. The zero-order valence-electron chi connectivity index (χ0n) is 12.9. The van der Waals surface area contributed by atoms with E-state index in [4.69, 9.17) is 0 Å². The number of carboxylic acid groups (broad SMARTS) is 1. The van der Waals surface area contributed by atoms with E-state index in [1.54, 1.807) is 30.0 Å². The number of pyridine rings is 1. The molecule has 1 heterocycles. The Hall–Kier alpha value is -2.24.